The van der Waals surface area contributed by atoms with Gasteiger partial charge < -0.3 is 5.73 Å². The van der Waals surface area contributed by atoms with Crippen LogP contribution in [0.25, 0.3) is 11.2 Å². The zero-order chi connectivity index (χ0) is 11.3. The first-order valence-electron chi connectivity index (χ1n) is 5.93. The van der Waals surface area contributed by atoms with E-state index in [2.05, 4.69) is 21.6 Å². The van der Waals surface area contributed by atoms with Gasteiger partial charge in [-0.25, -0.2) is 9.67 Å². The summed E-state index contributed by atoms with van der Waals surface area (Å²) in [5.74, 6) is 0.641. The zero-order valence-corrected chi connectivity index (χ0v) is 9.77. The highest BCUT2D eigenvalue weighted by Gasteiger charge is 2.26. The highest BCUT2D eigenvalue weighted by atomic mass is 15.4. The number of aromatic nitrogens is 4. The van der Waals surface area contributed by atoms with E-state index in [1.165, 1.54) is 19.3 Å². The topological polar surface area (TPSA) is 61.7 Å². The van der Waals surface area contributed by atoms with Gasteiger partial charge in [0.05, 0.1) is 5.69 Å². The number of fused-ring (bicyclic) bond motifs is 1. The Morgan fingerprint density at radius 2 is 2.19 bits per heavy atom. The van der Waals surface area contributed by atoms with Crippen molar-refractivity contribution in [3.63, 3.8) is 0 Å². The Balaban J connectivity index is 2.27. The number of rotatable bonds is 2. The van der Waals surface area contributed by atoms with Crippen molar-refractivity contribution in [3.8, 4) is 0 Å². The average Bonchev–Trinajstić information content (AvgIpc) is 2.65. The van der Waals surface area contributed by atoms with Gasteiger partial charge in [0.1, 0.15) is 5.52 Å². The Morgan fingerprint density at radius 1 is 1.44 bits per heavy atom. The minimum atomic E-state index is 0.534. The van der Waals surface area contributed by atoms with E-state index in [1.807, 2.05) is 11.6 Å². The van der Waals surface area contributed by atoms with Crippen LogP contribution in [0.3, 0.4) is 0 Å². The third-order valence-corrected chi connectivity index (χ3v) is 3.51. The lowest BCUT2D eigenvalue weighted by Gasteiger charge is -2.28. The summed E-state index contributed by atoms with van der Waals surface area (Å²) >= 11 is 0. The fourth-order valence-electron chi connectivity index (χ4n) is 2.43. The number of nitrogens with two attached hydrogens (primary N) is 1. The number of hydrogen-bond donors (Lipinski definition) is 1. The number of imidazole rings is 1. The standard InChI is InChI=1S/C11H17N5/c1-3-15-10-9(7(2)14-15)13-11(12)16(10)8-5-4-6-8/h8H,3-6H2,1-2H3,(H2,12,13). The molecule has 16 heavy (non-hydrogen) atoms. The molecule has 0 bridgehead atoms. The highest BCUT2D eigenvalue weighted by molar-refractivity contribution is 5.77. The number of aryl methyl sites for hydroxylation is 2. The molecule has 0 spiro atoms. The Bertz CT molecular complexity index is 532. The molecule has 0 saturated heterocycles. The van der Waals surface area contributed by atoms with E-state index >= 15 is 0 Å². The van der Waals surface area contributed by atoms with Gasteiger partial charge in [0.15, 0.2) is 5.65 Å². The third kappa shape index (κ3) is 1.11. The maximum atomic E-state index is 6.01. The fourth-order valence-corrected chi connectivity index (χ4v) is 2.43. The van der Waals surface area contributed by atoms with E-state index in [1.54, 1.807) is 0 Å². The molecule has 2 heterocycles. The summed E-state index contributed by atoms with van der Waals surface area (Å²) < 4.78 is 4.18. The van der Waals surface area contributed by atoms with E-state index in [-0.39, 0.29) is 0 Å². The molecule has 1 saturated carbocycles. The van der Waals surface area contributed by atoms with Crippen LogP contribution in [-0.4, -0.2) is 19.3 Å². The van der Waals surface area contributed by atoms with Crippen molar-refractivity contribution in [1.29, 1.82) is 0 Å². The summed E-state index contributed by atoms with van der Waals surface area (Å²) in [5, 5.41) is 4.49. The Kier molecular flexibility index (Phi) is 1.96. The molecular formula is C11H17N5. The molecule has 0 atom stereocenters. The van der Waals surface area contributed by atoms with E-state index in [4.69, 9.17) is 5.73 Å². The van der Waals surface area contributed by atoms with E-state index < -0.39 is 0 Å². The summed E-state index contributed by atoms with van der Waals surface area (Å²) in [6, 6.07) is 0.534. The van der Waals surface area contributed by atoms with Crippen LogP contribution < -0.4 is 5.73 Å². The second-order valence-electron chi connectivity index (χ2n) is 4.50. The summed E-state index contributed by atoms with van der Waals surface area (Å²) in [4.78, 5) is 4.44. The smallest absolute Gasteiger partial charge is 0.202 e. The molecule has 2 N–H and O–H groups in total. The second kappa shape index (κ2) is 3.23. The quantitative estimate of drug-likeness (QED) is 0.838. The van der Waals surface area contributed by atoms with E-state index in [9.17, 15) is 0 Å². The van der Waals surface area contributed by atoms with Crippen molar-refractivity contribution < 1.29 is 0 Å². The molecule has 5 heteroatoms. The minimum Gasteiger partial charge on any atom is -0.369 e. The van der Waals surface area contributed by atoms with Crippen LogP contribution in [0.15, 0.2) is 0 Å². The first kappa shape index (κ1) is 9.69. The minimum absolute atomic E-state index is 0.534. The zero-order valence-electron chi connectivity index (χ0n) is 9.77. The molecule has 86 valence electrons. The molecule has 5 nitrogen and oxygen atoms in total. The number of anilines is 1. The van der Waals surface area contributed by atoms with Crippen molar-refractivity contribution >= 4 is 17.1 Å². The highest BCUT2D eigenvalue weighted by Crippen LogP contribution is 2.36. The van der Waals surface area contributed by atoms with Crippen molar-refractivity contribution in [1.82, 2.24) is 19.3 Å². The Morgan fingerprint density at radius 3 is 2.75 bits per heavy atom. The molecular weight excluding hydrogens is 202 g/mol. The van der Waals surface area contributed by atoms with Gasteiger partial charge in [-0.3, -0.25) is 4.57 Å². The summed E-state index contributed by atoms with van der Waals surface area (Å²) in [6.07, 6.45) is 3.72. The summed E-state index contributed by atoms with van der Waals surface area (Å²) in [7, 11) is 0. The van der Waals surface area contributed by atoms with E-state index in [0.717, 1.165) is 23.4 Å². The van der Waals surface area contributed by atoms with Crippen LogP contribution in [0.2, 0.25) is 0 Å². The summed E-state index contributed by atoms with van der Waals surface area (Å²) in [6.45, 7) is 4.95. The molecule has 0 amide bonds. The molecule has 0 aromatic carbocycles. The van der Waals surface area contributed by atoms with Crippen molar-refractivity contribution in [2.24, 2.45) is 0 Å². The van der Waals surface area contributed by atoms with Crippen molar-refractivity contribution in [2.75, 3.05) is 5.73 Å². The average molecular weight is 219 g/mol. The van der Waals surface area contributed by atoms with Gasteiger partial charge in [0, 0.05) is 12.6 Å². The lowest BCUT2D eigenvalue weighted by atomic mass is 9.93. The number of hydrogen-bond acceptors (Lipinski definition) is 3. The van der Waals surface area contributed by atoms with Crippen molar-refractivity contribution in [2.45, 2.75) is 45.7 Å². The van der Waals surface area contributed by atoms with Crippen LogP contribution in [0.5, 0.6) is 0 Å². The monoisotopic (exact) mass is 219 g/mol. The molecule has 0 radical (unpaired) electrons. The van der Waals surface area contributed by atoms with Crippen LogP contribution in [0.4, 0.5) is 5.95 Å². The van der Waals surface area contributed by atoms with Crippen molar-refractivity contribution in [3.05, 3.63) is 5.69 Å². The summed E-state index contributed by atoms with van der Waals surface area (Å²) in [5.41, 5.74) is 9.05. The number of nitrogens with zero attached hydrogens (tertiary/aromatic N) is 4. The number of nitrogen functional groups attached to an aromatic ring is 1. The van der Waals surface area contributed by atoms with Gasteiger partial charge in [-0.05, 0) is 33.1 Å². The van der Waals surface area contributed by atoms with Crippen LogP contribution in [0.1, 0.15) is 37.9 Å². The lowest BCUT2D eigenvalue weighted by Crippen LogP contribution is -2.20. The second-order valence-corrected chi connectivity index (χ2v) is 4.50. The molecule has 2 aromatic heterocycles. The maximum Gasteiger partial charge on any atom is 0.202 e. The first-order chi connectivity index (χ1) is 7.72. The Labute approximate surface area is 94.2 Å². The molecule has 0 unspecified atom stereocenters. The molecule has 3 rings (SSSR count). The predicted molar refractivity (Wildman–Crippen MR) is 63.2 cm³/mol. The predicted octanol–water partition coefficient (Wildman–Crippen LogP) is 1.87. The van der Waals surface area contributed by atoms with Crippen LogP contribution in [-0.2, 0) is 6.54 Å². The van der Waals surface area contributed by atoms with Gasteiger partial charge in [-0.2, -0.15) is 5.10 Å². The first-order valence-corrected chi connectivity index (χ1v) is 5.93. The molecule has 1 fully saturated rings. The Hall–Kier alpha value is -1.52. The maximum absolute atomic E-state index is 6.01. The van der Waals surface area contributed by atoms with Gasteiger partial charge >= 0.3 is 0 Å². The fraction of sp³-hybridized carbons (Fsp3) is 0.636. The normalized spacial score (nSPS) is 16.9. The van der Waals surface area contributed by atoms with Gasteiger partial charge in [-0.1, -0.05) is 0 Å². The van der Waals surface area contributed by atoms with E-state index in [0.29, 0.717) is 12.0 Å². The van der Waals surface area contributed by atoms with Gasteiger partial charge in [0.2, 0.25) is 5.95 Å². The van der Waals surface area contributed by atoms with Crippen LogP contribution >= 0.6 is 0 Å². The SMILES string of the molecule is CCn1nc(C)c2nc(N)n(C3CCC3)c21. The lowest BCUT2D eigenvalue weighted by molar-refractivity contribution is 0.320. The largest absolute Gasteiger partial charge is 0.369 e. The van der Waals surface area contributed by atoms with Gasteiger partial charge in [-0.15, -0.1) is 0 Å². The van der Waals surface area contributed by atoms with Gasteiger partial charge in [0.25, 0.3) is 0 Å². The molecule has 0 aliphatic heterocycles. The molecule has 2 aromatic rings. The molecule has 1 aliphatic rings. The third-order valence-electron chi connectivity index (χ3n) is 3.51. The van der Waals surface area contributed by atoms with Crippen LogP contribution in [0, 0.1) is 6.92 Å². The molecule has 1 aliphatic carbocycles.